The van der Waals surface area contributed by atoms with Gasteiger partial charge in [0, 0.05) is 13.1 Å². The molecule has 1 aromatic heterocycles. The molecule has 3 rings (SSSR count). The van der Waals surface area contributed by atoms with E-state index >= 15 is 0 Å². The number of likely N-dealkylation sites (N-methyl/N-ethyl adjacent to an activating group) is 1. The lowest BCUT2D eigenvalue weighted by molar-refractivity contribution is -0.116. The summed E-state index contributed by atoms with van der Waals surface area (Å²) in [6.07, 6.45) is 0. The number of halogens is 3. The standard InChI is InChI=1S/C19H14Cl2FN3O3/c1-25(10-17(26)23-18-12(20)6-4-7-13(18)21)19(27)15-9-16(28-24-15)11-5-2-3-8-14(11)22/h2-9H,10H2,1H3,(H,23,26). The SMILES string of the molecule is CN(CC(=O)Nc1c(Cl)cccc1Cl)C(=O)c1cc(-c2ccccc2F)on1. The number of amides is 2. The van der Waals surface area contributed by atoms with Crippen LogP contribution < -0.4 is 5.32 Å². The van der Waals surface area contributed by atoms with Crippen molar-refractivity contribution in [3.63, 3.8) is 0 Å². The normalized spacial score (nSPS) is 10.6. The summed E-state index contributed by atoms with van der Waals surface area (Å²) >= 11 is 12.0. The number of hydrogen-bond donors (Lipinski definition) is 1. The number of para-hydroxylation sites is 1. The first-order chi connectivity index (χ1) is 13.4. The largest absolute Gasteiger partial charge is 0.355 e. The Hall–Kier alpha value is -2.90. The lowest BCUT2D eigenvalue weighted by atomic mass is 10.1. The molecule has 3 aromatic rings. The van der Waals surface area contributed by atoms with Gasteiger partial charge in [-0.3, -0.25) is 9.59 Å². The summed E-state index contributed by atoms with van der Waals surface area (Å²) in [5.41, 5.74) is 0.395. The number of rotatable bonds is 5. The van der Waals surface area contributed by atoms with Crippen molar-refractivity contribution in [2.45, 2.75) is 0 Å². The summed E-state index contributed by atoms with van der Waals surface area (Å²) in [5.74, 6) is -1.44. The lowest BCUT2D eigenvalue weighted by Crippen LogP contribution is -2.35. The Kier molecular flexibility index (Phi) is 5.96. The molecular weight excluding hydrogens is 408 g/mol. The van der Waals surface area contributed by atoms with Crippen LogP contribution in [-0.4, -0.2) is 35.5 Å². The molecule has 0 aliphatic rings. The van der Waals surface area contributed by atoms with Crippen LogP contribution in [0.3, 0.4) is 0 Å². The van der Waals surface area contributed by atoms with Gasteiger partial charge in [0.05, 0.1) is 27.8 Å². The van der Waals surface area contributed by atoms with Gasteiger partial charge in [0.1, 0.15) is 5.82 Å². The maximum atomic E-state index is 13.8. The molecule has 0 bridgehead atoms. The number of carbonyl (C=O) groups is 2. The first kappa shape index (κ1) is 19.9. The lowest BCUT2D eigenvalue weighted by Gasteiger charge is -2.16. The first-order valence-electron chi connectivity index (χ1n) is 8.07. The smallest absolute Gasteiger partial charge is 0.276 e. The molecular formula is C19H14Cl2FN3O3. The number of nitrogens with one attached hydrogen (secondary N) is 1. The second kappa shape index (κ2) is 8.41. The monoisotopic (exact) mass is 421 g/mol. The van der Waals surface area contributed by atoms with E-state index in [-0.39, 0.29) is 39.3 Å². The van der Waals surface area contributed by atoms with Gasteiger partial charge in [-0.2, -0.15) is 0 Å². The number of benzene rings is 2. The highest BCUT2D eigenvalue weighted by molar-refractivity contribution is 6.39. The minimum absolute atomic E-state index is 0.0515. The Labute approximate surface area is 169 Å². The van der Waals surface area contributed by atoms with Crippen LogP contribution in [0.4, 0.5) is 10.1 Å². The van der Waals surface area contributed by atoms with Crippen LogP contribution in [0.2, 0.25) is 10.0 Å². The van der Waals surface area contributed by atoms with E-state index in [4.69, 9.17) is 27.7 Å². The van der Waals surface area contributed by atoms with Gasteiger partial charge in [0.25, 0.3) is 5.91 Å². The van der Waals surface area contributed by atoms with Crippen LogP contribution in [-0.2, 0) is 4.79 Å². The Morgan fingerprint density at radius 2 is 1.82 bits per heavy atom. The van der Waals surface area contributed by atoms with Gasteiger partial charge in [-0.25, -0.2) is 4.39 Å². The summed E-state index contributed by atoms with van der Waals surface area (Å²) in [7, 11) is 1.42. The predicted molar refractivity (Wildman–Crippen MR) is 104 cm³/mol. The fourth-order valence-corrected chi connectivity index (χ4v) is 2.93. The Morgan fingerprint density at radius 1 is 1.14 bits per heavy atom. The van der Waals surface area contributed by atoms with Crippen molar-refractivity contribution in [1.82, 2.24) is 10.1 Å². The highest BCUT2D eigenvalue weighted by Gasteiger charge is 2.21. The van der Waals surface area contributed by atoms with Gasteiger partial charge < -0.3 is 14.7 Å². The van der Waals surface area contributed by atoms with Crippen molar-refractivity contribution in [3.8, 4) is 11.3 Å². The van der Waals surface area contributed by atoms with E-state index in [0.29, 0.717) is 0 Å². The molecule has 0 unspecified atom stereocenters. The fraction of sp³-hybridized carbons (Fsp3) is 0.105. The molecule has 2 aromatic carbocycles. The summed E-state index contributed by atoms with van der Waals surface area (Å²) in [5, 5.41) is 6.79. The van der Waals surface area contributed by atoms with Gasteiger partial charge in [-0.05, 0) is 24.3 Å². The maximum absolute atomic E-state index is 13.8. The molecule has 2 amide bonds. The summed E-state index contributed by atoms with van der Waals surface area (Å²) in [4.78, 5) is 25.8. The summed E-state index contributed by atoms with van der Waals surface area (Å²) < 4.78 is 18.9. The second-order valence-corrected chi connectivity index (χ2v) is 6.68. The molecule has 0 aliphatic carbocycles. The average Bonchev–Trinajstić information content (AvgIpc) is 3.14. The van der Waals surface area contributed by atoms with E-state index in [1.165, 1.54) is 25.2 Å². The van der Waals surface area contributed by atoms with Crippen LogP contribution in [0.15, 0.2) is 53.1 Å². The highest BCUT2D eigenvalue weighted by atomic mass is 35.5. The van der Waals surface area contributed by atoms with Crippen LogP contribution in [0, 0.1) is 5.82 Å². The van der Waals surface area contributed by atoms with E-state index in [9.17, 15) is 14.0 Å². The van der Waals surface area contributed by atoms with Crippen LogP contribution in [0.25, 0.3) is 11.3 Å². The summed E-state index contributed by atoms with van der Waals surface area (Å²) in [6.45, 7) is -0.276. The third-order valence-corrected chi connectivity index (χ3v) is 4.45. The van der Waals surface area contributed by atoms with E-state index < -0.39 is 17.6 Å². The van der Waals surface area contributed by atoms with E-state index in [0.717, 1.165) is 4.90 Å². The minimum Gasteiger partial charge on any atom is -0.355 e. The zero-order valence-corrected chi connectivity index (χ0v) is 16.1. The molecule has 144 valence electrons. The Balaban J connectivity index is 1.68. The summed E-state index contributed by atoms with van der Waals surface area (Å²) in [6, 6.07) is 12.1. The number of anilines is 1. The van der Waals surface area contributed by atoms with Gasteiger partial charge in [0.2, 0.25) is 5.91 Å². The van der Waals surface area contributed by atoms with Gasteiger partial charge >= 0.3 is 0 Å². The molecule has 0 saturated heterocycles. The second-order valence-electron chi connectivity index (χ2n) is 5.86. The van der Waals surface area contributed by atoms with Crippen molar-refractivity contribution in [1.29, 1.82) is 0 Å². The Bertz CT molecular complexity index is 1020. The third-order valence-electron chi connectivity index (χ3n) is 3.82. The molecule has 0 radical (unpaired) electrons. The van der Waals surface area contributed by atoms with Gasteiger partial charge in [0.15, 0.2) is 11.5 Å². The van der Waals surface area contributed by atoms with Gasteiger partial charge in [-0.1, -0.05) is 46.6 Å². The van der Waals surface area contributed by atoms with E-state index in [1.807, 2.05) is 0 Å². The third kappa shape index (κ3) is 4.32. The van der Waals surface area contributed by atoms with Crippen LogP contribution >= 0.6 is 23.2 Å². The number of carbonyl (C=O) groups excluding carboxylic acids is 2. The molecule has 1 N–H and O–H groups in total. The molecule has 0 fully saturated rings. The average molecular weight is 422 g/mol. The molecule has 1 heterocycles. The molecule has 28 heavy (non-hydrogen) atoms. The van der Waals surface area contributed by atoms with Crippen molar-refractivity contribution < 1.29 is 18.5 Å². The zero-order chi connectivity index (χ0) is 20.3. The topological polar surface area (TPSA) is 75.4 Å². The van der Waals surface area contributed by atoms with Gasteiger partial charge in [-0.15, -0.1) is 0 Å². The van der Waals surface area contributed by atoms with Crippen molar-refractivity contribution in [2.75, 3.05) is 18.9 Å². The van der Waals surface area contributed by atoms with Crippen molar-refractivity contribution >= 4 is 40.7 Å². The zero-order valence-electron chi connectivity index (χ0n) is 14.6. The first-order valence-corrected chi connectivity index (χ1v) is 8.83. The molecule has 0 aliphatic heterocycles. The van der Waals surface area contributed by atoms with Crippen LogP contribution in [0.5, 0.6) is 0 Å². The van der Waals surface area contributed by atoms with Crippen molar-refractivity contribution in [3.05, 3.63) is 70.1 Å². The number of nitrogens with zero attached hydrogens (tertiary/aromatic N) is 2. The van der Waals surface area contributed by atoms with Crippen LogP contribution in [0.1, 0.15) is 10.5 Å². The molecule has 0 spiro atoms. The number of aromatic nitrogens is 1. The van der Waals surface area contributed by atoms with E-state index in [1.54, 1.807) is 30.3 Å². The highest BCUT2D eigenvalue weighted by Crippen LogP contribution is 2.29. The predicted octanol–water partition coefficient (Wildman–Crippen LogP) is 4.50. The quantitative estimate of drug-likeness (QED) is 0.657. The van der Waals surface area contributed by atoms with E-state index in [2.05, 4.69) is 10.5 Å². The molecule has 9 heteroatoms. The Morgan fingerprint density at radius 3 is 2.50 bits per heavy atom. The fourth-order valence-electron chi connectivity index (χ4n) is 2.44. The molecule has 0 saturated carbocycles. The minimum atomic E-state index is -0.563. The molecule has 0 atom stereocenters. The maximum Gasteiger partial charge on any atom is 0.276 e. The number of hydrogen-bond acceptors (Lipinski definition) is 4. The van der Waals surface area contributed by atoms with Crippen molar-refractivity contribution in [2.24, 2.45) is 0 Å². The molecule has 6 nitrogen and oxygen atoms in total.